The van der Waals surface area contributed by atoms with Gasteiger partial charge in [-0.05, 0) is 43.7 Å². The van der Waals surface area contributed by atoms with Gasteiger partial charge in [0.05, 0.1) is 23.9 Å². The van der Waals surface area contributed by atoms with Crippen LogP contribution in [-0.4, -0.2) is 28.2 Å². The van der Waals surface area contributed by atoms with Gasteiger partial charge in [-0.1, -0.05) is 41.4 Å². The predicted octanol–water partition coefficient (Wildman–Crippen LogP) is 2.91. The van der Waals surface area contributed by atoms with Crippen molar-refractivity contribution >= 4 is 23.4 Å². The average Bonchev–Trinajstić information content (AvgIpc) is 3.05. The first-order chi connectivity index (χ1) is 14.9. The lowest BCUT2D eigenvalue weighted by atomic mass is 10.1. The molecule has 0 unspecified atom stereocenters. The number of rotatable bonds is 6. The van der Waals surface area contributed by atoms with Gasteiger partial charge in [0, 0.05) is 0 Å². The largest absolute Gasteiger partial charge is 0.484 e. The molecule has 2 amide bonds. The fourth-order valence-corrected chi connectivity index (χ4v) is 3.10. The molecule has 8 nitrogen and oxygen atoms in total. The first-order valence-corrected chi connectivity index (χ1v) is 9.75. The van der Waals surface area contributed by atoms with Crippen molar-refractivity contribution < 1.29 is 14.3 Å². The number of carbonyl (C=O) groups excluding carboxylic acids is 2. The Balaban J connectivity index is 1.56. The number of nitriles is 1. The lowest BCUT2D eigenvalue weighted by Gasteiger charge is -2.09. The zero-order valence-corrected chi connectivity index (χ0v) is 17.7. The van der Waals surface area contributed by atoms with E-state index in [2.05, 4.69) is 16.0 Å². The van der Waals surface area contributed by atoms with E-state index in [-0.39, 0.29) is 17.3 Å². The zero-order chi connectivity index (χ0) is 22.4. The molecule has 0 bridgehead atoms. The van der Waals surface area contributed by atoms with Crippen LogP contribution in [0.1, 0.15) is 32.7 Å². The molecule has 31 heavy (non-hydrogen) atoms. The van der Waals surface area contributed by atoms with Gasteiger partial charge in [0.2, 0.25) is 0 Å². The maximum Gasteiger partial charge on any atom is 0.276 e. The SMILES string of the molecule is Cc1ccc(Cn2nc(C)c(C(=O)NNC(=O)COc3ccc(C#N)cc3)c2Cl)cc1. The Morgan fingerprint density at radius 1 is 1.10 bits per heavy atom. The highest BCUT2D eigenvalue weighted by Gasteiger charge is 2.21. The number of benzene rings is 2. The summed E-state index contributed by atoms with van der Waals surface area (Å²) in [6, 6.07) is 16.2. The molecule has 0 aliphatic rings. The number of nitrogens with zero attached hydrogens (tertiary/aromatic N) is 3. The molecule has 0 aliphatic heterocycles. The number of halogens is 1. The van der Waals surface area contributed by atoms with E-state index in [4.69, 9.17) is 21.6 Å². The molecule has 158 valence electrons. The van der Waals surface area contributed by atoms with Crippen molar-refractivity contribution in [1.29, 1.82) is 5.26 Å². The first-order valence-electron chi connectivity index (χ1n) is 9.38. The number of hydrogen-bond donors (Lipinski definition) is 2. The van der Waals surface area contributed by atoms with Gasteiger partial charge in [0.15, 0.2) is 6.61 Å². The first kappa shape index (κ1) is 21.9. The summed E-state index contributed by atoms with van der Waals surface area (Å²) >= 11 is 6.37. The summed E-state index contributed by atoms with van der Waals surface area (Å²) in [6.07, 6.45) is 0. The number of hydrogen-bond acceptors (Lipinski definition) is 5. The molecular weight excluding hydrogens is 418 g/mol. The molecule has 3 rings (SSSR count). The van der Waals surface area contributed by atoms with E-state index < -0.39 is 11.8 Å². The molecule has 1 aromatic heterocycles. The maximum absolute atomic E-state index is 12.5. The Hall–Kier alpha value is -3.83. The minimum absolute atomic E-state index is 0.179. The second-order valence-electron chi connectivity index (χ2n) is 6.82. The number of amides is 2. The Kier molecular flexibility index (Phi) is 6.90. The van der Waals surface area contributed by atoms with E-state index >= 15 is 0 Å². The second-order valence-corrected chi connectivity index (χ2v) is 7.18. The van der Waals surface area contributed by atoms with Crippen LogP contribution in [-0.2, 0) is 11.3 Å². The number of carbonyl (C=O) groups is 2. The van der Waals surface area contributed by atoms with Crippen molar-refractivity contribution in [1.82, 2.24) is 20.6 Å². The van der Waals surface area contributed by atoms with E-state index in [0.717, 1.165) is 11.1 Å². The maximum atomic E-state index is 12.5. The van der Waals surface area contributed by atoms with Gasteiger partial charge in [-0.25, -0.2) is 4.68 Å². The van der Waals surface area contributed by atoms with E-state index in [1.165, 1.54) is 4.68 Å². The monoisotopic (exact) mass is 437 g/mol. The summed E-state index contributed by atoms with van der Waals surface area (Å²) in [4.78, 5) is 24.5. The minimum atomic E-state index is -0.579. The number of nitrogens with one attached hydrogen (secondary N) is 2. The van der Waals surface area contributed by atoms with Gasteiger partial charge in [-0.3, -0.25) is 20.4 Å². The van der Waals surface area contributed by atoms with E-state index in [0.29, 0.717) is 23.6 Å². The van der Waals surface area contributed by atoms with Crippen LogP contribution in [0.5, 0.6) is 5.75 Å². The van der Waals surface area contributed by atoms with Crippen LogP contribution >= 0.6 is 11.6 Å². The van der Waals surface area contributed by atoms with E-state index in [1.807, 2.05) is 37.3 Å². The molecule has 0 fully saturated rings. The molecule has 2 N–H and O–H groups in total. The fourth-order valence-electron chi connectivity index (χ4n) is 2.78. The van der Waals surface area contributed by atoms with Crippen molar-refractivity contribution in [2.75, 3.05) is 6.61 Å². The molecule has 0 radical (unpaired) electrons. The lowest BCUT2D eigenvalue weighted by molar-refractivity contribution is -0.123. The number of hydrazine groups is 1. The molecule has 3 aromatic rings. The fraction of sp³-hybridized carbons (Fsp3) is 0.182. The van der Waals surface area contributed by atoms with Gasteiger partial charge < -0.3 is 4.74 Å². The van der Waals surface area contributed by atoms with Crippen molar-refractivity contribution in [3.8, 4) is 11.8 Å². The molecular formula is C22H20ClN5O3. The summed E-state index contributed by atoms with van der Waals surface area (Å²) in [6.45, 7) is 3.77. The standard InChI is InChI=1S/C22H20ClN5O3/c1-14-3-5-17(6-4-14)12-28-21(23)20(15(2)27-28)22(30)26-25-19(29)13-31-18-9-7-16(11-24)8-10-18/h3-10H,12-13H2,1-2H3,(H,25,29)(H,26,30). The third-order valence-electron chi connectivity index (χ3n) is 4.41. The van der Waals surface area contributed by atoms with Gasteiger partial charge in [0.1, 0.15) is 16.5 Å². The molecule has 2 aromatic carbocycles. The van der Waals surface area contributed by atoms with Crippen molar-refractivity contribution in [2.24, 2.45) is 0 Å². The smallest absolute Gasteiger partial charge is 0.276 e. The minimum Gasteiger partial charge on any atom is -0.484 e. The van der Waals surface area contributed by atoms with Crippen LogP contribution in [0.15, 0.2) is 48.5 Å². The topological polar surface area (TPSA) is 109 Å². The normalized spacial score (nSPS) is 10.3. The summed E-state index contributed by atoms with van der Waals surface area (Å²) in [5.74, 6) is -0.709. The highest BCUT2D eigenvalue weighted by Crippen LogP contribution is 2.21. The Morgan fingerprint density at radius 2 is 1.77 bits per heavy atom. The molecule has 0 spiro atoms. The molecule has 0 aliphatic carbocycles. The van der Waals surface area contributed by atoms with Crippen LogP contribution < -0.4 is 15.6 Å². The lowest BCUT2D eigenvalue weighted by Crippen LogP contribution is -2.44. The summed E-state index contributed by atoms with van der Waals surface area (Å²) in [7, 11) is 0. The summed E-state index contributed by atoms with van der Waals surface area (Å²) in [5, 5.41) is 13.3. The van der Waals surface area contributed by atoms with Crippen molar-refractivity contribution in [3.63, 3.8) is 0 Å². The van der Waals surface area contributed by atoms with Gasteiger partial charge in [-0.15, -0.1) is 0 Å². The molecule has 0 saturated heterocycles. The molecule has 9 heteroatoms. The third kappa shape index (κ3) is 5.62. The van der Waals surface area contributed by atoms with Crippen LogP contribution in [0.2, 0.25) is 5.15 Å². The van der Waals surface area contributed by atoms with Crippen LogP contribution in [0.4, 0.5) is 0 Å². The van der Waals surface area contributed by atoms with Crippen molar-refractivity contribution in [2.45, 2.75) is 20.4 Å². The van der Waals surface area contributed by atoms with Crippen molar-refractivity contribution in [3.05, 3.63) is 81.6 Å². The Bertz CT molecular complexity index is 1130. The number of ether oxygens (including phenoxy) is 1. The third-order valence-corrected chi connectivity index (χ3v) is 4.80. The quantitative estimate of drug-likeness (QED) is 0.576. The highest BCUT2D eigenvalue weighted by atomic mass is 35.5. The summed E-state index contributed by atoms with van der Waals surface area (Å²) < 4.78 is 6.85. The second kappa shape index (κ2) is 9.78. The average molecular weight is 438 g/mol. The van der Waals surface area contributed by atoms with E-state index in [9.17, 15) is 9.59 Å². The number of aryl methyl sites for hydroxylation is 2. The highest BCUT2D eigenvalue weighted by molar-refractivity contribution is 6.33. The van der Waals surface area contributed by atoms with Gasteiger partial charge in [-0.2, -0.15) is 10.4 Å². The number of aromatic nitrogens is 2. The predicted molar refractivity (Wildman–Crippen MR) is 115 cm³/mol. The van der Waals surface area contributed by atoms with Crippen LogP contribution in [0.3, 0.4) is 0 Å². The summed E-state index contributed by atoms with van der Waals surface area (Å²) in [5.41, 5.74) is 7.85. The van der Waals surface area contributed by atoms with Crippen LogP contribution in [0.25, 0.3) is 0 Å². The molecule has 1 heterocycles. The zero-order valence-electron chi connectivity index (χ0n) is 17.0. The Labute approximate surface area is 184 Å². The van der Waals surface area contributed by atoms with Crippen LogP contribution in [0, 0.1) is 25.2 Å². The Morgan fingerprint density at radius 3 is 2.42 bits per heavy atom. The molecule has 0 saturated carbocycles. The van der Waals surface area contributed by atoms with Gasteiger partial charge >= 0.3 is 0 Å². The molecule has 0 atom stereocenters. The van der Waals surface area contributed by atoms with E-state index in [1.54, 1.807) is 31.2 Å². The van der Waals surface area contributed by atoms with Gasteiger partial charge in [0.25, 0.3) is 11.8 Å².